The zero-order valence-electron chi connectivity index (χ0n) is 11.8. The number of hydrogen-bond acceptors (Lipinski definition) is 5. The van der Waals surface area contributed by atoms with E-state index in [1.54, 1.807) is 23.1 Å². The Labute approximate surface area is 122 Å². The molecule has 1 atom stereocenters. The molecule has 0 saturated carbocycles. The Morgan fingerprint density at radius 3 is 2.95 bits per heavy atom. The molecule has 1 aromatic carbocycles. The monoisotopic (exact) mass is 294 g/mol. The molecule has 7 nitrogen and oxygen atoms in total. The molecule has 2 rings (SSSR count). The smallest absolute Gasteiger partial charge is 0.333 e. The molecule has 0 bridgehead atoms. The number of rotatable bonds is 6. The topological polar surface area (TPSA) is 92.9 Å². The van der Waals surface area contributed by atoms with Gasteiger partial charge in [-0.25, -0.2) is 4.79 Å². The number of carboxylic acid groups (broad SMARTS) is 1. The maximum atomic E-state index is 11.4. The summed E-state index contributed by atoms with van der Waals surface area (Å²) in [5.41, 5.74) is 0.164. The summed E-state index contributed by atoms with van der Waals surface area (Å²) in [5.74, 6) is -0.767. The minimum atomic E-state index is -0.957. The Bertz CT molecular complexity index is 546. The second-order valence-electron chi connectivity index (χ2n) is 4.92. The molecule has 1 aliphatic heterocycles. The van der Waals surface area contributed by atoms with Crippen LogP contribution in [0.4, 0.5) is 11.4 Å². The lowest BCUT2D eigenvalue weighted by molar-refractivity contribution is -0.385. The SMILES string of the molecule is CCCOc1cccc(N2CCCC2C(=O)O)c1[N+](=O)[O-]. The maximum Gasteiger partial charge on any atom is 0.333 e. The van der Waals surface area contributed by atoms with Crippen molar-refractivity contribution in [2.75, 3.05) is 18.1 Å². The lowest BCUT2D eigenvalue weighted by atomic mass is 10.2. The average Bonchev–Trinajstić information content (AvgIpc) is 2.93. The van der Waals surface area contributed by atoms with Crippen molar-refractivity contribution in [3.8, 4) is 5.75 Å². The van der Waals surface area contributed by atoms with Gasteiger partial charge in [0.25, 0.3) is 0 Å². The predicted octanol–water partition coefficient (Wildman–Crippen LogP) is 2.44. The number of carboxylic acids is 1. The molecule has 1 N–H and O–H groups in total. The van der Waals surface area contributed by atoms with Gasteiger partial charge in [-0.05, 0) is 31.4 Å². The second kappa shape index (κ2) is 6.43. The van der Waals surface area contributed by atoms with Crippen LogP contribution in [0.25, 0.3) is 0 Å². The fourth-order valence-electron chi connectivity index (χ4n) is 2.57. The van der Waals surface area contributed by atoms with Crippen LogP contribution in [-0.4, -0.2) is 35.2 Å². The summed E-state index contributed by atoms with van der Waals surface area (Å²) < 4.78 is 5.43. The first-order valence-corrected chi connectivity index (χ1v) is 6.96. The zero-order chi connectivity index (χ0) is 15.4. The number of carbonyl (C=O) groups is 1. The molecule has 0 aromatic heterocycles. The number of aliphatic carboxylic acids is 1. The van der Waals surface area contributed by atoms with Gasteiger partial charge in [-0.3, -0.25) is 10.1 Å². The van der Waals surface area contributed by atoms with E-state index in [2.05, 4.69) is 0 Å². The number of anilines is 1. The number of nitro benzene ring substituents is 1. The van der Waals surface area contributed by atoms with Crippen molar-refractivity contribution in [3.63, 3.8) is 0 Å². The van der Waals surface area contributed by atoms with E-state index in [0.717, 1.165) is 6.42 Å². The molecule has 1 aliphatic rings. The molecule has 114 valence electrons. The van der Waals surface area contributed by atoms with Crippen molar-refractivity contribution in [1.82, 2.24) is 0 Å². The summed E-state index contributed by atoms with van der Waals surface area (Å²) >= 11 is 0. The van der Waals surface area contributed by atoms with Gasteiger partial charge in [-0.2, -0.15) is 0 Å². The number of nitrogens with zero attached hydrogens (tertiary/aromatic N) is 2. The van der Waals surface area contributed by atoms with Crippen LogP contribution in [0.2, 0.25) is 0 Å². The summed E-state index contributed by atoms with van der Waals surface area (Å²) in [7, 11) is 0. The molecule has 1 unspecified atom stereocenters. The predicted molar refractivity (Wildman–Crippen MR) is 76.9 cm³/mol. The van der Waals surface area contributed by atoms with E-state index >= 15 is 0 Å². The van der Waals surface area contributed by atoms with Crippen molar-refractivity contribution < 1.29 is 19.6 Å². The van der Waals surface area contributed by atoms with Gasteiger partial charge in [0.05, 0.1) is 11.5 Å². The van der Waals surface area contributed by atoms with Gasteiger partial charge < -0.3 is 14.7 Å². The highest BCUT2D eigenvalue weighted by atomic mass is 16.6. The van der Waals surface area contributed by atoms with Crippen LogP contribution in [0.5, 0.6) is 5.75 Å². The van der Waals surface area contributed by atoms with E-state index in [-0.39, 0.29) is 11.4 Å². The lowest BCUT2D eigenvalue weighted by Gasteiger charge is -2.23. The van der Waals surface area contributed by atoms with Crippen LogP contribution in [0.3, 0.4) is 0 Å². The molecule has 0 aliphatic carbocycles. The minimum Gasteiger partial charge on any atom is -0.487 e. The summed E-state index contributed by atoms with van der Waals surface area (Å²) in [6.07, 6.45) is 1.93. The number of benzene rings is 1. The standard InChI is InChI=1S/C14H18N2O5/c1-2-9-21-12-7-3-5-10(13(12)16(19)20)15-8-4-6-11(15)14(17)18/h3,5,7,11H,2,4,6,8-9H2,1H3,(H,17,18). The number of nitro groups is 1. The van der Waals surface area contributed by atoms with Crippen LogP contribution >= 0.6 is 0 Å². The third-order valence-electron chi connectivity index (χ3n) is 3.47. The first kappa shape index (κ1) is 15.1. The first-order chi connectivity index (χ1) is 10.1. The molecule has 0 amide bonds. The quantitative estimate of drug-likeness (QED) is 0.640. The molecular weight excluding hydrogens is 276 g/mol. The Morgan fingerprint density at radius 1 is 1.57 bits per heavy atom. The molecule has 0 spiro atoms. The Kier molecular flexibility index (Phi) is 4.62. The van der Waals surface area contributed by atoms with E-state index in [1.165, 1.54) is 0 Å². The Balaban J connectivity index is 2.42. The third-order valence-corrected chi connectivity index (χ3v) is 3.47. The second-order valence-corrected chi connectivity index (χ2v) is 4.92. The molecule has 1 heterocycles. The molecule has 1 saturated heterocycles. The Morgan fingerprint density at radius 2 is 2.33 bits per heavy atom. The van der Waals surface area contributed by atoms with Gasteiger partial charge in [0, 0.05) is 6.54 Å². The summed E-state index contributed by atoms with van der Waals surface area (Å²) in [5, 5.41) is 20.6. The largest absolute Gasteiger partial charge is 0.487 e. The van der Waals surface area contributed by atoms with Gasteiger partial charge in [0.1, 0.15) is 11.7 Å². The van der Waals surface area contributed by atoms with Crippen LogP contribution in [0.15, 0.2) is 18.2 Å². The van der Waals surface area contributed by atoms with Crippen molar-refractivity contribution in [2.45, 2.75) is 32.2 Å². The van der Waals surface area contributed by atoms with Crippen LogP contribution in [0.1, 0.15) is 26.2 Å². The van der Waals surface area contributed by atoms with Crippen molar-refractivity contribution in [3.05, 3.63) is 28.3 Å². The van der Waals surface area contributed by atoms with Gasteiger partial charge in [-0.1, -0.05) is 13.0 Å². The highest BCUT2D eigenvalue weighted by molar-refractivity contribution is 5.82. The van der Waals surface area contributed by atoms with Crippen molar-refractivity contribution in [1.29, 1.82) is 0 Å². The molecule has 0 radical (unpaired) electrons. The van der Waals surface area contributed by atoms with Crippen molar-refractivity contribution >= 4 is 17.3 Å². The van der Waals surface area contributed by atoms with Crippen LogP contribution in [-0.2, 0) is 4.79 Å². The molecular formula is C14H18N2O5. The lowest BCUT2D eigenvalue weighted by Crippen LogP contribution is -2.36. The summed E-state index contributed by atoms with van der Waals surface area (Å²) in [6, 6.07) is 4.07. The van der Waals surface area contributed by atoms with E-state index in [1.807, 2.05) is 6.92 Å². The highest BCUT2D eigenvalue weighted by Gasteiger charge is 2.35. The van der Waals surface area contributed by atoms with Crippen LogP contribution < -0.4 is 9.64 Å². The van der Waals surface area contributed by atoms with E-state index in [0.29, 0.717) is 31.7 Å². The highest BCUT2D eigenvalue weighted by Crippen LogP contribution is 2.40. The van der Waals surface area contributed by atoms with Gasteiger partial charge in [0.2, 0.25) is 0 Å². The van der Waals surface area contributed by atoms with Crippen LogP contribution in [0, 0.1) is 10.1 Å². The van der Waals surface area contributed by atoms with Gasteiger partial charge in [-0.15, -0.1) is 0 Å². The number of hydrogen-bond donors (Lipinski definition) is 1. The summed E-state index contributed by atoms with van der Waals surface area (Å²) in [6.45, 7) is 2.79. The Hall–Kier alpha value is -2.31. The minimum absolute atomic E-state index is 0.154. The van der Waals surface area contributed by atoms with E-state index in [4.69, 9.17) is 4.74 Å². The molecule has 7 heteroatoms. The van der Waals surface area contributed by atoms with Crippen molar-refractivity contribution in [2.24, 2.45) is 0 Å². The molecule has 1 fully saturated rings. The first-order valence-electron chi connectivity index (χ1n) is 6.96. The summed E-state index contributed by atoms with van der Waals surface area (Å²) in [4.78, 5) is 23.8. The normalized spacial score (nSPS) is 17.8. The fourth-order valence-corrected chi connectivity index (χ4v) is 2.57. The number of para-hydroxylation sites is 1. The zero-order valence-corrected chi connectivity index (χ0v) is 11.8. The maximum absolute atomic E-state index is 11.4. The van der Waals surface area contributed by atoms with E-state index in [9.17, 15) is 20.0 Å². The fraction of sp³-hybridized carbons (Fsp3) is 0.500. The molecule has 21 heavy (non-hydrogen) atoms. The third kappa shape index (κ3) is 3.07. The van der Waals surface area contributed by atoms with E-state index < -0.39 is 16.9 Å². The molecule has 1 aromatic rings. The van der Waals surface area contributed by atoms with Gasteiger partial charge >= 0.3 is 11.7 Å². The number of ether oxygens (including phenoxy) is 1. The van der Waals surface area contributed by atoms with Gasteiger partial charge in [0.15, 0.2) is 5.75 Å². The average molecular weight is 294 g/mol.